The van der Waals surface area contributed by atoms with E-state index in [1.54, 1.807) is 0 Å². The van der Waals surface area contributed by atoms with Crippen LogP contribution < -0.4 is 0 Å². The van der Waals surface area contributed by atoms with Gasteiger partial charge in [-0.05, 0) is 26.2 Å². The zero-order valence-corrected chi connectivity index (χ0v) is 10.3. The highest BCUT2D eigenvalue weighted by atomic mass is 35.5. The summed E-state index contributed by atoms with van der Waals surface area (Å²) in [4.78, 5) is 0. The molecule has 1 aromatic rings. The van der Waals surface area contributed by atoms with Gasteiger partial charge in [0.15, 0.2) is 0 Å². The zero-order chi connectivity index (χ0) is 10.8. The quantitative estimate of drug-likeness (QED) is 0.748. The van der Waals surface area contributed by atoms with Crippen molar-refractivity contribution in [3.05, 3.63) is 16.4 Å². The zero-order valence-electron chi connectivity index (χ0n) is 9.59. The lowest BCUT2D eigenvalue weighted by atomic mass is 9.96. The first-order valence-corrected chi connectivity index (χ1v) is 6.35. The number of rotatable bonds is 2. The van der Waals surface area contributed by atoms with Crippen molar-refractivity contribution < 1.29 is 0 Å². The smallest absolute Gasteiger partial charge is 0.130 e. The molecule has 0 unspecified atom stereocenters. The van der Waals surface area contributed by atoms with E-state index in [9.17, 15) is 0 Å². The van der Waals surface area contributed by atoms with Gasteiger partial charge >= 0.3 is 0 Å². The first-order chi connectivity index (χ1) is 7.24. The summed E-state index contributed by atoms with van der Waals surface area (Å²) in [5.41, 5.74) is 2.33. The first-order valence-electron chi connectivity index (χ1n) is 5.97. The molecule has 1 fully saturated rings. The van der Waals surface area contributed by atoms with Gasteiger partial charge in [0.1, 0.15) is 5.15 Å². The Morgan fingerprint density at radius 3 is 2.53 bits per heavy atom. The lowest BCUT2D eigenvalue weighted by Gasteiger charge is -2.22. The largest absolute Gasteiger partial charge is 0.250 e. The van der Waals surface area contributed by atoms with E-state index >= 15 is 0 Å². The van der Waals surface area contributed by atoms with Crippen molar-refractivity contribution >= 4 is 11.6 Å². The number of hydrogen-bond acceptors (Lipinski definition) is 1. The van der Waals surface area contributed by atoms with E-state index in [0.717, 1.165) is 17.3 Å². The van der Waals surface area contributed by atoms with Gasteiger partial charge in [0, 0.05) is 5.56 Å². The molecule has 1 aliphatic carbocycles. The molecule has 0 bridgehead atoms. The Bertz CT molecular complexity index is 338. The highest BCUT2D eigenvalue weighted by molar-refractivity contribution is 6.30. The van der Waals surface area contributed by atoms with Gasteiger partial charge in [0.25, 0.3) is 0 Å². The van der Waals surface area contributed by atoms with Crippen molar-refractivity contribution in [3.63, 3.8) is 0 Å². The van der Waals surface area contributed by atoms with Gasteiger partial charge in [-0.3, -0.25) is 4.68 Å². The van der Waals surface area contributed by atoms with Crippen LogP contribution in [0.2, 0.25) is 5.15 Å². The van der Waals surface area contributed by atoms with Crippen LogP contribution >= 0.6 is 11.6 Å². The maximum atomic E-state index is 6.36. The van der Waals surface area contributed by atoms with E-state index < -0.39 is 0 Å². The molecule has 2 nitrogen and oxygen atoms in total. The molecule has 0 atom stereocenters. The van der Waals surface area contributed by atoms with Crippen molar-refractivity contribution in [2.75, 3.05) is 0 Å². The Labute approximate surface area is 96.6 Å². The maximum Gasteiger partial charge on any atom is 0.130 e. The molecule has 3 heteroatoms. The van der Waals surface area contributed by atoms with Crippen molar-refractivity contribution in [1.29, 1.82) is 0 Å². The summed E-state index contributed by atoms with van der Waals surface area (Å²) in [5.74, 6) is 0. The number of halogens is 1. The highest BCUT2D eigenvalue weighted by Gasteiger charge is 2.21. The summed E-state index contributed by atoms with van der Waals surface area (Å²) in [7, 11) is 0. The van der Waals surface area contributed by atoms with Gasteiger partial charge < -0.3 is 0 Å². The van der Waals surface area contributed by atoms with E-state index in [0.29, 0.717) is 6.04 Å². The van der Waals surface area contributed by atoms with Crippen molar-refractivity contribution in [2.24, 2.45) is 0 Å². The molecule has 0 aliphatic heterocycles. The van der Waals surface area contributed by atoms with Crippen LogP contribution in [0.15, 0.2) is 0 Å². The van der Waals surface area contributed by atoms with E-state index in [-0.39, 0.29) is 0 Å². The molecule has 0 N–H and O–H groups in total. The minimum atomic E-state index is 0.547. The molecular weight excluding hydrogens is 208 g/mol. The topological polar surface area (TPSA) is 17.8 Å². The summed E-state index contributed by atoms with van der Waals surface area (Å²) in [5, 5.41) is 5.47. The van der Waals surface area contributed by atoms with E-state index in [1.807, 2.05) is 0 Å². The van der Waals surface area contributed by atoms with Crippen LogP contribution in [0.1, 0.15) is 56.3 Å². The number of aromatic nitrogens is 2. The second-order valence-corrected chi connectivity index (χ2v) is 4.80. The fourth-order valence-electron chi connectivity index (χ4n) is 2.52. The Kier molecular flexibility index (Phi) is 3.35. The number of aryl methyl sites for hydroxylation is 1. The number of hydrogen-bond donors (Lipinski definition) is 0. The molecule has 0 saturated heterocycles. The standard InChI is InChI=1S/C12H19ClN2/c1-3-11-9(2)14-15(12(11)13)10-7-5-4-6-8-10/h10H,3-8H2,1-2H3. The minimum Gasteiger partial charge on any atom is -0.250 e. The summed E-state index contributed by atoms with van der Waals surface area (Å²) >= 11 is 6.36. The average molecular weight is 227 g/mol. The third-order valence-electron chi connectivity index (χ3n) is 3.42. The third-order valence-corrected chi connectivity index (χ3v) is 3.82. The fourth-order valence-corrected chi connectivity index (χ4v) is 2.97. The normalized spacial score (nSPS) is 18.3. The van der Waals surface area contributed by atoms with E-state index in [4.69, 9.17) is 11.6 Å². The van der Waals surface area contributed by atoms with Crippen LogP contribution in [0.5, 0.6) is 0 Å². The summed E-state index contributed by atoms with van der Waals surface area (Å²) in [6, 6.07) is 0.547. The molecule has 84 valence electrons. The van der Waals surface area contributed by atoms with Gasteiger partial charge in [0.2, 0.25) is 0 Å². The van der Waals surface area contributed by atoms with Crippen molar-refractivity contribution in [3.8, 4) is 0 Å². The Morgan fingerprint density at radius 2 is 2.00 bits per heavy atom. The maximum absolute atomic E-state index is 6.36. The van der Waals surface area contributed by atoms with Crippen molar-refractivity contribution in [2.45, 2.75) is 58.4 Å². The molecule has 1 aliphatic rings. The second-order valence-electron chi connectivity index (χ2n) is 4.44. The molecule has 0 amide bonds. The highest BCUT2D eigenvalue weighted by Crippen LogP contribution is 2.32. The second kappa shape index (κ2) is 4.56. The molecular formula is C12H19ClN2. The van der Waals surface area contributed by atoms with Crippen LogP contribution in [-0.4, -0.2) is 9.78 Å². The average Bonchev–Trinajstić information content (AvgIpc) is 2.55. The molecule has 1 saturated carbocycles. The Morgan fingerprint density at radius 1 is 1.33 bits per heavy atom. The fraction of sp³-hybridized carbons (Fsp3) is 0.750. The first kappa shape index (κ1) is 11.0. The molecule has 2 rings (SSSR count). The van der Waals surface area contributed by atoms with E-state index in [2.05, 4.69) is 23.6 Å². The van der Waals surface area contributed by atoms with E-state index in [1.165, 1.54) is 37.7 Å². The lowest BCUT2D eigenvalue weighted by molar-refractivity contribution is 0.329. The molecule has 1 aromatic heterocycles. The Balaban J connectivity index is 2.27. The van der Waals surface area contributed by atoms with Gasteiger partial charge in [-0.1, -0.05) is 37.8 Å². The van der Waals surface area contributed by atoms with Crippen LogP contribution in [0, 0.1) is 6.92 Å². The monoisotopic (exact) mass is 226 g/mol. The molecule has 0 aromatic carbocycles. The van der Waals surface area contributed by atoms with Gasteiger partial charge in [-0.15, -0.1) is 0 Å². The predicted octanol–water partition coefficient (Wildman–Crippen LogP) is 3.91. The predicted molar refractivity (Wildman–Crippen MR) is 63.5 cm³/mol. The van der Waals surface area contributed by atoms with Crippen LogP contribution in [-0.2, 0) is 6.42 Å². The number of nitrogens with zero attached hydrogens (tertiary/aromatic N) is 2. The molecule has 0 radical (unpaired) electrons. The van der Waals surface area contributed by atoms with Gasteiger partial charge in [-0.2, -0.15) is 5.10 Å². The third kappa shape index (κ3) is 2.05. The Hall–Kier alpha value is -0.500. The minimum absolute atomic E-state index is 0.547. The van der Waals surface area contributed by atoms with Gasteiger partial charge in [0.05, 0.1) is 11.7 Å². The summed E-state index contributed by atoms with van der Waals surface area (Å²) < 4.78 is 2.06. The molecule has 15 heavy (non-hydrogen) atoms. The van der Waals surface area contributed by atoms with Crippen LogP contribution in [0.3, 0.4) is 0 Å². The summed E-state index contributed by atoms with van der Waals surface area (Å²) in [6.07, 6.45) is 7.48. The van der Waals surface area contributed by atoms with Crippen molar-refractivity contribution in [1.82, 2.24) is 9.78 Å². The molecule has 1 heterocycles. The van der Waals surface area contributed by atoms with Gasteiger partial charge in [-0.25, -0.2) is 0 Å². The van der Waals surface area contributed by atoms with Crippen LogP contribution in [0.25, 0.3) is 0 Å². The molecule has 0 spiro atoms. The SMILES string of the molecule is CCc1c(C)nn(C2CCCCC2)c1Cl. The summed E-state index contributed by atoms with van der Waals surface area (Å²) in [6.45, 7) is 4.20. The van der Waals surface area contributed by atoms with Crippen LogP contribution in [0.4, 0.5) is 0 Å². The lowest BCUT2D eigenvalue weighted by Crippen LogP contribution is -2.14.